The Bertz CT molecular complexity index is 807. The number of hydrogen-bond acceptors (Lipinski definition) is 8. The lowest BCUT2D eigenvalue weighted by atomic mass is 10.2. The van der Waals surface area contributed by atoms with E-state index < -0.39 is 5.91 Å². The third-order valence-electron chi connectivity index (χ3n) is 2.66. The van der Waals surface area contributed by atoms with E-state index >= 15 is 0 Å². The quantitative estimate of drug-likeness (QED) is 0.510. The van der Waals surface area contributed by atoms with Crippen LogP contribution >= 0.6 is 0 Å². The molecule has 0 aliphatic rings. The molecule has 0 saturated heterocycles. The number of carbonyl (C=O) groups excluding carboxylic acids is 1. The number of anilines is 1. The SMILES string of the molecule is Nc1nonc1-n1nncc1C(=O)N/N=C\c1ccccc1. The van der Waals surface area contributed by atoms with Crippen LogP contribution in [0.1, 0.15) is 16.1 Å². The van der Waals surface area contributed by atoms with Crippen molar-refractivity contribution >= 4 is 17.9 Å². The third-order valence-corrected chi connectivity index (χ3v) is 2.66. The highest BCUT2D eigenvalue weighted by molar-refractivity contribution is 5.93. The van der Waals surface area contributed by atoms with Gasteiger partial charge in [-0.15, -0.1) is 5.10 Å². The fourth-order valence-corrected chi connectivity index (χ4v) is 1.65. The molecule has 0 atom stereocenters. The van der Waals surface area contributed by atoms with E-state index in [0.717, 1.165) is 10.2 Å². The number of aromatic nitrogens is 5. The fourth-order valence-electron chi connectivity index (χ4n) is 1.65. The van der Waals surface area contributed by atoms with Crippen LogP contribution < -0.4 is 11.2 Å². The van der Waals surface area contributed by atoms with Crippen LogP contribution in [0.2, 0.25) is 0 Å². The van der Waals surface area contributed by atoms with Gasteiger partial charge >= 0.3 is 0 Å². The van der Waals surface area contributed by atoms with Gasteiger partial charge in [0, 0.05) is 0 Å². The van der Waals surface area contributed by atoms with Crippen molar-refractivity contribution in [3.05, 3.63) is 47.8 Å². The molecule has 22 heavy (non-hydrogen) atoms. The van der Waals surface area contributed by atoms with Gasteiger partial charge in [-0.05, 0) is 15.9 Å². The first-order valence-corrected chi connectivity index (χ1v) is 6.13. The Morgan fingerprint density at radius 1 is 1.32 bits per heavy atom. The van der Waals surface area contributed by atoms with Crippen LogP contribution in [-0.4, -0.2) is 37.4 Å². The maximum absolute atomic E-state index is 12.1. The smallest absolute Gasteiger partial charge is 0.291 e. The van der Waals surface area contributed by atoms with Gasteiger partial charge in [0.1, 0.15) is 0 Å². The van der Waals surface area contributed by atoms with Crippen LogP contribution in [-0.2, 0) is 0 Å². The van der Waals surface area contributed by atoms with Crippen molar-refractivity contribution in [2.45, 2.75) is 0 Å². The molecule has 0 aliphatic carbocycles. The van der Waals surface area contributed by atoms with Crippen LogP contribution in [0.25, 0.3) is 5.82 Å². The average Bonchev–Trinajstić information content (AvgIpc) is 3.16. The normalized spacial score (nSPS) is 10.9. The van der Waals surface area contributed by atoms with Crippen molar-refractivity contribution in [3.8, 4) is 5.82 Å². The average molecular weight is 298 g/mol. The van der Waals surface area contributed by atoms with Crippen molar-refractivity contribution < 1.29 is 9.42 Å². The van der Waals surface area contributed by atoms with Gasteiger partial charge in [0.05, 0.1) is 12.4 Å². The molecular weight excluding hydrogens is 288 g/mol. The number of nitrogen functional groups attached to an aromatic ring is 1. The first-order chi connectivity index (χ1) is 10.8. The number of carbonyl (C=O) groups is 1. The van der Waals surface area contributed by atoms with Crippen molar-refractivity contribution in [3.63, 3.8) is 0 Å². The Morgan fingerprint density at radius 3 is 2.86 bits per heavy atom. The molecule has 2 aromatic heterocycles. The van der Waals surface area contributed by atoms with Crippen LogP contribution in [0.5, 0.6) is 0 Å². The van der Waals surface area contributed by atoms with Gasteiger partial charge < -0.3 is 5.73 Å². The van der Waals surface area contributed by atoms with Gasteiger partial charge in [-0.2, -0.15) is 9.78 Å². The standard InChI is InChI=1S/C12H10N8O2/c13-10-11(18-22-17-10)20-9(7-15-19-20)12(21)16-14-6-8-4-2-1-3-5-8/h1-7H,(H2,13,17)(H,16,21)/b14-6-. The van der Waals surface area contributed by atoms with E-state index in [9.17, 15) is 4.79 Å². The molecule has 3 rings (SSSR count). The molecule has 0 radical (unpaired) electrons. The predicted octanol–water partition coefficient (Wildman–Crippen LogP) is -0.00360. The zero-order chi connectivity index (χ0) is 15.4. The molecule has 0 saturated carbocycles. The Morgan fingerprint density at radius 2 is 2.14 bits per heavy atom. The van der Waals surface area contributed by atoms with Crippen molar-refractivity contribution in [1.82, 2.24) is 30.7 Å². The second-order valence-electron chi connectivity index (χ2n) is 4.11. The Labute approximate surface area is 123 Å². The molecule has 3 N–H and O–H groups in total. The minimum absolute atomic E-state index is 0.00710. The van der Waals surface area contributed by atoms with E-state index in [0.29, 0.717) is 0 Å². The van der Waals surface area contributed by atoms with E-state index in [4.69, 9.17) is 5.73 Å². The summed E-state index contributed by atoms with van der Waals surface area (Å²) in [6.07, 6.45) is 2.76. The Balaban J connectivity index is 1.75. The number of nitrogens with zero attached hydrogens (tertiary/aromatic N) is 6. The lowest BCUT2D eigenvalue weighted by molar-refractivity contribution is 0.0947. The minimum Gasteiger partial charge on any atom is -0.378 e. The Kier molecular flexibility index (Phi) is 3.56. The number of amides is 1. The minimum atomic E-state index is -0.528. The lowest BCUT2D eigenvalue weighted by Crippen LogP contribution is -2.21. The molecule has 10 nitrogen and oxygen atoms in total. The fraction of sp³-hybridized carbons (Fsp3) is 0. The highest BCUT2D eigenvalue weighted by Gasteiger charge is 2.19. The first kappa shape index (κ1) is 13.4. The third kappa shape index (κ3) is 2.65. The van der Waals surface area contributed by atoms with Gasteiger partial charge in [-0.3, -0.25) is 4.79 Å². The van der Waals surface area contributed by atoms with Gasteiger partial charge in [-0.1, -0.05) is 35.5 Å². The molecule has 1 amide bonds. The number of rotatable bonds is 4. The molecule has 1 aromatic carbocycles. The van der Waals surface area contributed by atoms with Crippen molar-refractivity contribution in [2.24, 2.45) is 5.10 Å². The van der Waals surface area contributed by atoms with Crippen molar-refractivity contribution in [1.29, 1.82) is 0 Å². The number of nitrogens with two attached hydrogens (primary N) is 1. The van der Waals surface area contributed by atoms with E-state index in [-0.39, 0.29) is 17.3 Å². The van der Waals surface area contributed by atoms with Crippen LogP contribution in [0.3, 0.4) is 0 Å². The van der Waals surface area contributed by atoms with Gasteiger partial charge in [0.2, 0.25) is 11.6 Å². The molecule has 0 unspecified atom stereocenters. The van der Waals surface area contributed by atoms with Gasteiger partial charge in [0.25, 0.3) is 5.91 Å². The topological polar surface area (TPSA) is 137 Å². The number of hydrazone groups is 1. The molecule has 110 valence electrons. The lowest BCUT2D eigenvalue weighted by Gasteiger charge is -2.00. The summed E-state index contributed by atoms with van der Waals surface area (Å²) in [4.78, 5) is 12.1. The Hall–Kier alpha value is -3.56. The second kappa shape index (κ2) is 5.83. The molecule has 2 heterocycles. The summed E-state index contributed by atoms with van der Waals surface area (Å²) in [7, 11) is 0. The van der Waals surface area contributed by atoms with E-state index in [1.807, 2.05) is 30.3 Å². The number of nitrogens with one attached hydrogen (secondary N) is 1. The van der Waals surface area contributed by atoms with Crippen LogP contribution in [0, 0.1) is 0 Å². The maximum Gasteiger partial charge on any atom is 0.291 e. The summed E-state index contributed by atoms with van der Waals surface area (Å²) >= 11 is 0. The summed E-state index contributed by atoms with van der Waals surface area (Å²) in [6.45, 7) is 0. The summed E-state index contributed by atoms with van der Waals surface area (Å²) in [5, 5.41) is 18.2. The first-order valence-electron chi connectivity index (χ1n) is 6.13. The highest BCUT2D eigenvalue weighted by Crippen LogP contribution is 2.12. The molecule has 0 fully saturated rings. The molecule has 0 bridgehead atoms. The van der Waals surface area contributed by atoms with Crippen LogP contribution in [0.4, 0.5) is 5.82 Å². The summed E-state index contributed by atoms with van der Waals surface area (Å²) in [5.41, 5.74) is 8.86. The van der Waals surface area contributed by atoms with E-state index in [1.165, 1.54) is 12.4 Å². The summed E-state index contributed by atoms with van der Waals surface area (Å²) in [5.74, 6) is -0.457. The summed E-state index contributed by atoms with van der Waals surface area (Å²) in [6, 6.07) is 9.31. The zero-order valence-corrected chi connectivity index (χ0v) is 11.1. The van der Waals surface area contributed by atoms with Crippen molar-refractivity contribution in [2.75, 3.05) is 5.73 Å². The molecule has 10 heteroatoms. The maximum atomic E-state index is 12.1. The van der Waals surface area contributed by atoms with E-state index in [1.54, 1.807) is 0 Å². The largest absolute Gasteiger partial charge is 0.378 e. The van der Waals surface area contributed by atoms with Gasteiger partial charge in [-0.25, -0.2) is 10.1 Å². The summed E-state index contributed by atoms with van der Waals surface area (Å²) < 4.78 is 5.58. The van der Waals surface area contributed by atoms with Gasteiger partial charge in [0.15, 0.2) is 5.69 Å². The predicted molar refractivity (Wildman–Crippen MR) is 75.1 cm³/mol. The molecule has 0 aliphatic heterocycles. The molecular formula is C12H10N8O2. The molecule has 3 aromatic rings. The number of benzene rings is 1. The van der Waals surface area contributed by atoms with E-state index in [2.05, 4.69) is 35.8 Å². The molecule has 0 spiro atoms. The second-order valence-corrected chi connectivity index (χ2v) is 4.11. The van der Waals surface area contributed by atoms with Crippen LogP contribution in [0.15, 0.2) is 46.3 Å². The number of hydrogen-bond donors (Lipinski definition) is 2. The monoisotopic (exact) mass is 298 g/mol. The zero-order valence-electron chi connectivity index (χ0n) is 11.1. The highest BCUT2D eigenvalue weighted by atomic mass is 16.6.